The van der Waals surface area contributed by atoms with Crippen LogP contribution in [-0.4, -0.2) is 24.8 Å². The van der Waals surface area contributed by atoms with E-state index in [2.05, 4.69) is 0 Å². The summed E-state index contributed by atoms with van der Waals surface area (Å²) in [4.78, 5) is 0.976. The van der Waals surface area contributed by atoms with E-state index in [1.165, 1.54) is 0 Å². The molecular formula is C31H30F3O3PS2. The van der Waals surface area contributed by atoms with Crippen LogP contribution >= 0.6 is 18.6 Å². The van der Waals surface area contributed by atoms with Crippen LogP contribution in [0.15, 0.2) is 126 Å². The van der Waals surface area contributed by atoms with Crippen LogP contribution in [0, 0.1) is 0 Å². The topological polar surface area (TPSA) is 43.4 Å². The molecule has 1 aliphatic carbocycles. The van der Waals surface area contributed by atoms with Crippen LogP contribution in [0.1, 0.15) is 25.7 Å². The Morgan fingerprint density at radius 1 is 0.650 bits per heavy atom. The summed E-state index contributed by atoms with van der Waals surface area (Å²) in [5.74, 6) is 0. The zero-order valence-corrected chi connectivity index (χ0v) is 24.2. The predicted molar refractivity (Wildman–Crippen MR) is 160 cm³/mol. The fourth-order valence-corrected chi connectivity index (χ4v) is 17.4. The van der Waals surface area contributed by atoms with Gasteiger partial charge in [0, 0.05) is 0 Å². The minimum absolute atomic E-state index is 0.210. The molecule has 9 heteroatoms. The van der Waals surface area contributed by atoms with Gasteiger partial charge < -0.3 is 0 Å². The molecule has 3 nitrogen and oxygen atoms in total. The molecule has 4 aromatic rings. The third-order valence-electron chi connectivity index (χ3n) is 7.67. The second-order valence-corrected chi connectivity index (χ2v) is 17.6. The van der Waals surface area contributed by atoms with E-state index < -0.39 is 28.1 Å². The Kier molecular flexibility index (Phi) is 8.17. The monoisotopic (exact) mass is 602 g/mol. The van der Waals surface area contributed by atoms with E-state index in [4.69, 9.17) is 3.97 Å². The van der Waals surface area contributed by atoms with Crippen molar-refractivity contribution in [2.75, 3.05) is 0 Å². The number of rotatable bonds is 8. The van der Waals surface area contributed by atoms with Gasteiger partial charge >= 0.3 is 239 Å². The van der Waals surface area contributed by atoms with Gasteiger partial charge in [-0.25, -0.2) is 0 Å². The summed E-state index contributed by atoms with van der Waals surface area (Å²) in [5, 5.41) is 1.18. The zero-order chi connectivity index (χ0) is 28.3. The molecule has 1 saturated carbocycles. The van der Waals surface area contributed by atoms with Crippen LogP contribution in [0.4, 0.5) is 13.2 Å². The van der Waals surface area contributed by atoms with Crippen molar-refractivity contribution in [1.82, 2.24) is 0 Å². The molecule has 40 heavy (non-hydrogen) atoms. The van der Waals surface area contributed by atoms with Crippen molar-refractivity contribution in [2.24, 2.45) is 0 Å². The average Bonchev–Trinajstić information content (AvgIpc) is 2.98. The maximum atomic E-state index is 14.4. The zero-order valence-electron chi connectivity index (χ0n) is 21.7. The van der Waals surface area contributed by atoms with Crippen molar-refractivity contribution in [1.29, 1.82) is 0 Å². The molecule has 1 aliphatic rings. The normalized spacial score (nSPS) is 19.4. The first-order valence-electron chi connectivity index (χ1n) is 13.1. The van der Waals surface area contributed by atoms with Gasteiger partial charge in [-0.05, 0) is 0 Å². The number of halogens is 3. The molecule has 0 saturated heterocycles. The second-order valence-electron chi connectivity index (χ2n) is 9.90. The first-order chi connectivity index (χ1) is 19.2. The van der Waals surface area contributed by atoms with Gasteiger partial charge in [0.1, 0.15) is 0 Å². The Morgan fingerprint density at radius 2 is 1.05 bits per heavy atom. The predicted octanol–water partition coefficient (Wildman–Crippen LogP) is 7.40. The molecule has 0 aromatic heterocycles. The Morgan fingerprint density at radius 3 is 1.48 bits per heavy atom. The Labute approximate surface area is 237 Å². The number of thioether (sulfide) groups is 1. The quantitative estimate of drug-likeness (QED) is 0.156. The number of alkyl halides is 3. The maximum absolute atomic E-state index is 14.4. The van der Waals surface area contributed by atoms with Crippen molar-refractivity contribution in [3.05, 3.63) is 121 Å². The van der Waals surface area contributed by atoms with Gasteiger partial charge in [0.25, 0.3) is 0 Å². The van der Waals surface area contributed by atoms with Crippen molar-refractivity contribution in [3.8, 4) is 0 Å². The summed E-state index contributed by atoms with van der Waals surface area (Å²) < 4.78 is 76.1. The van der Waals surface area contributed by atoms with Crippen LogP contribution in [0.2, 0.25) is 0 Å². The fraction of sp³-hybridized carbons (Fsp3) is 0.226. The van der Waals surface area contributed by atoms with Gasteiger partial charge in [-0.2, -0.15) is 0 Å². The van der Waals surface area contributed by atoms with Gasteiger partial charge in [0.05, 0.1) is 0 Å². The molecule has 0 bridgehead atoms. The first-order valence-corrected chi connectivity index (χ1v) is 17.6. The SMILES string of the molecule is O=S(=O)(OP(c1ccccc1)(c1ccccc1)(c1ccccc1)[C@H]1CCCC[C@@H]1Sc1ccccc1)C(F)(F)F. The molecule has 2 atom stereocenters. The summed E-state index contributed by atoms with van der Waals surface area (Å²) in [6.45, 7) is -4.91. The van der Waals surface area contributed by atoms with Crippen molar-refractivity contribution in [2.45, 2.75) is 47.0 Å². The van der Waals surface area contributed by atoms with E-state index in [1.54, 1.807) is 103 Å². The molecular weight excluding hydrogens is 572 g/mol. The van der Waals surface area contributed by atoms with Crippen molar-refractivity contribution in [3.63, 3.8) is 0 Å². The van der Waals surface area contributed by atoms with Crippen LogP contribution in [-0.2, 0) is 14.1 Å². The van der Waals surface area contributed by atoms with Crippen LogP contribution in [0.5, 0.6) is 0 Å². The summed E-state index contributed by atoms with van der Waals surface area (Å²) in [7, 11) is -6.06. The first kappa shape index (κ1) is 28.9. The molecule has 5 rings (SSSR count). The molecule has 0 N–H and O–H groups in total. The Bertz CT molecular complexity index is 1420. The summed E-state index contributed by atoms with van der Waals surface area (Å²) >= 11 is 1.59. The van der Waals surface area contributed by atoms with Gasteiger partial charge in [-0.15, -0.1) is 0 Å². The van der Waals surface area contributed by atoms with E-state index in [0.29, 0.717) is 28.8 Å². The molecule has 0 amide bonds. The molecule has 0 radical (unpaired) electrons. The van der Waals surface area contributed by atoms with Crippen molar-refractivity contribution < 1.29 is 25.6 Å². The second kappa shape index (κ2) is 11.3. The van der Waals surface area contributed by atoms with E-state index >= 15 is 0 Å². The van der Waals surface area contributed by atoms with Crippen LogP contribution < -0.4 is 15.9 Å². The number of hydrogen-bond acceptors (Lipinski definition) is 4. The molecule has 210 valence electrons. The summed E-state index contributed by atoms with van der Waals surface area (Å²) in [6, 6.07) is 36.0. The van der Waals surface area contributed by atoms with Crippen molar-refractivity contribution >= 4 is 44.6 Å². The van der Waals surface area contributed by atoms with E-state index in [9.17, 15) is 21.6 Å². The standard InChI is InChI=1S/C31H30F3O3PS2/c32-31(33,34)40(35,36)37-38(25-15-5-1-6-16-25,26-17-7-2-8-18-26,27-19-9-3-10-20-27)29-23-13-14-24-30(29)39-28-21-11-4-12-22-28/h1-12,15-22,29-30H,13-14,23-24H2/t29-,30-/m0/s1. The Balaban J connectivity index is 1.95. The van der Waals surface area contributed by atoms with E-state index in [1.807, 2.05) is 30.3 Å². The van der Waals surface area contributed by atoms with E-state index in [0.717, 1.165) is 17.7 Å². The van der Waals surface area contributed by atoms with Gasteiger partial charge in [-0.1, -0.05) is 0 Å². The third-order valence-corrected chi connectivity index (χ3v) is 17.7. The van der Waals surface area contributed by atoms with Crippen LogP contribution in [0.3, 0.4) is 0 Å². The average molecular weight is 603 g/mol. The molecule has 0 unspecified atom stereocenters. The summed E-state index contributed by atoms with van der Waals surface area (Å²) in [6.07, 6.45) is 2.85. The third kappa shape index (κ3) is 4.89. The van der Waals surface area contributed by atoms with Gasteiger partial charge in [0.15, 0.2) is 0 Å². The molecule has 0 spiro atoms. The minimum atomic E-state index is -6.06. The molecule has 0 heterocycles. The molecule has 1 fully saturated rings. The molecule has 4 aromatic carbocycles. The Hall–Kier alpha value is -2.64. The number of hydrogen-bond donors (Lipinski definition) is 0. The molecule has 0 aliphatic heterocycles. The fourth-order valence-electron chi connectivity index (χ4n) is 6.08. The van der Waals surface area contributed by atoms with Crippen LogP contribution in [0.25, 0.3) is 0 Å². The van der Waals surface area contributed by atoms with E-state index in [-0.39, 0.29) is 5.25 Å². The summed E-state index contributed by atoms with van der Waals surface area (Å²) in [5.41, 5.74) is -6.17. The van der Waals surface area contributed by atoms with Gasteiger partial charge in [0.2, 0.25) is 0 Å². The number of benzene rings is 4. The van der Waals surface area contributed by atoms with Gasteiger partial charge in [-0.3, -0.25) is 0 Å².